The third-order valence-electron chi connectivity index (χ3n) is 5.37. The predicted molar refractivity (Wildman–Crippen MR) is 114 cm³/mol. The Morgan fingerprint density at radius 3 is 2.50 bits per heavy atom. The van der Waals surface area contributed by atoms with Crippen molar-refractivity contribution < 1.29 is 17.5 Å². The molecule has 0 spiro atoms. The summed E-state index contributed by atoms with van der Waals surface area (Å²) in [4.78, 5) is 8.43. The SMILES string of the molecule is Cc1cnc(-c2ccc(-c3ccccc3OCC3CCS(=O)(=O)CC3)cc2F)cn1. The molecular weight excluding hydrogens is 403 g/mol. The zero-order valence-electron chi connectivity index (χ0n) is 16.7. The fourth-order valence-electron chi connectivity index (χ4n) is 3.57. The quantitative estimate of drug-likeness (QED) is 0.602. The molecule has 30 heavy (non-hydrogen) atoms. The molecule has 4 rings (SSSR count). The van der Waals surface area contributed by atoms with Crippen molar-refractivity contribution in [2.24, 2.45) is 5.92 Å². The van der Waals surface area contributed by atoms with E-state index >= 15 is 0 Å². The van der Waals surface area contributed by atoms with Gasteiger partial charge in [-0.2, -0.15) is 0 Å². The Morgan fingerprint density at radius 1 is 1.03 bits per heavy atom. The number of benzene rings is 2. The normalized spacial score (nSPS) is 16.3. The fraction of sp³-hybridized carbons (Fsp3) is 0.304. The third-order valence-corrected chi connectivity index (χ3v) is 7.09. The van der Waals surface area contributed by atoms with E-state index in [9.17, 15) is 12.8 Å². The summed E-state index contributed by atoms with van der Waals surface area (Å²) in [5.74, 6) is 0.932. The van der Waals surface area contributed by atoms with Gasteiger partial charge in [0.15, 0.2) is 0 Å². The molecule has 3 aromatic rings. The van der Waals surface area contributed by atoms with Crippen LogP contribution in [0.1, 0.15) is 18.5 Å². The minimum atomic E-state index is -2.89. The summed E-state index contributed by atoms with van der Waals surface area (Å²) in [6.45, 7) is 2.28. The molecule has 2 heterocycles. The van der Waals surface area contributed by atoms with Crippen molar-refractivity contribution in [3.8, 4) is 28.1 Å². The number of hydrogen-bond donors (Lipinski definition) is 0. The van der Waals surface area contributed by atoms with Crippen LogP contribution in [0.3, 0.4) is 0 Å². The lowest BCUT2D eigenvalue weighted by Gasteiger charge is -2.22. The van der Waals surface area contributed by atoms with Crippen molar-refractivity contribution in [1.29, 1.82) is 0 Å². The maximum atomic E-state index is 14.8. The smallest absolute Gasteiger partial charge is 0.150 e. The predicted octanol–water partition coefficient (Wildman–Crippen LogP) is 4.46. The Labute approximate surface area is 175 Å². The van der Waals surface area contributed by atoms with Crippen LogP contribution >= 0.6 is 0 Å². The topological polar surface area (TPSA) is 69.2 Å². The number of halogens is 1. The second-order valence-electron chi connectivity index (χ2n) is 7.64. The molecule has 0 radical (unpaired) electrons. The van der Waals surface area contributed by atoms with Crippen LogP contribution in [0, 0.1) is 18.7 Å². The summed E-state index contributed by atoms with van der Waals surface area (Å²) >= 11 is 0. The molecule has 1 aliphatic rings. The van der Waals surface area contributed by atoms with Crippen molar-refractivity contribution in [3.05, 3.63) is 66.4 Å². The minimum absolute atomic E-state index is 0.209. The molecule has 0 aliphatic carbocycles. The molecule has 1 aromatic heterocycles. The Balaban J connectivity index is 1.53. The van der Waals surface area contributed by atoms with Gasteiger partial charge in [0.1, 0.15) is 21.4 Å². The number of sulfone groups is 1. The highest BCUT2D eigenvalue weighted by atomic mass is 32.2. The van der Waals surface area contributed by atoms with E-state index in [0.717, 1.165) is 11.3 Å². The molecule has 0 atom stereocenters. The first-order chi connectivity index (χ1) is 14.4. The van der Waals surface area contributed by atoms with E-state index in [1.54, 1.807) is 18.5 Å². The lowest BCUT2D eigenvalue weighted by molar-refractivity contribution is 0.239. The standard InChI is InChI=1S/C23H23FN2O3S/c1-16-13-26-22(14-25-16)20-7-6-18(12-21(20)24)19-4-2-3-5-23(19)29-15-17-8-10-30(27,28)11-9-17/h2-7,12-14,17H,8-11,15H2,1H3. The monoisotopic (exact) mass is 426 g/mol. The van der Waals surface area contributed by atoms with Crippen molar-refractivity contribution in [3.63, 3.8) is 0 Å². The molecule has 7 heteroatoms. The zero-order valence-corrected chi connectivity index (χ0v) is 17.5. The highest BCUT2D eigenvalue weighted by Gasteiger charge is 2.24. The van der Waals surface area contributed by atoms with Crippen LogP contribution in [-0.2, 0) is 9.84 Å². The summed E-state index contributed by atoms with van der Waals surface area (Å²) in [6, 6.07) is 12.5. The first kappa shape index (κ1) is 20.5. The molecule has 0 saturated carbocycles. The molecule has 1 fully saturated rings. The molecule has 5 nitrogen and oxygen atoms in total. The highest BCUT2D eigenvalue weighted by molar-refractivity contribution is 7.91. The summed E-state index contributed by atoms with van der Waals surface area (Å²) in [5, 5.41) is 0. The lowest BCUT2D eigenvalue weighted by Crippen LogP contribution is -2.26. The maximum Gasteiger partial charge on any atom is 0.150 e. The van der Waals surface area contributed by atoms with E-state index in [4.69, 9.17) is 4.74 Å². The number of para-hydroxylation sites is 1. The number of aromatic nitrogens is 2. The van der Waals surface area contributed by atoms with Gasteiger partial charge in [0.05, 0.1) is 35.7 Å². The third kappa shape index (κ3) is 4.67. The molecule has 0 unspecified atom stereocenters. The van der Waals surface area contributed by atoms with Crippen LogP contribution in [0.25, 0.3) is 22.4 Å². The molecule has 0 bridgehead atoms. The van der Waals surface area contributed by atoms with Gasteiger partial charge in [0.25, 0.3) is 0 Å². The van der Waals surface area contributed by atoms with Gasteiger partial charge in [0.2, 0.25) is 0 Å². The zero-order chi connectivity index (χ0) is 21.1. The van der Waals surface area contributed by atoms with E-state index in [0.29, 0.717) is 42.0 Å². The largest absolute Gasteiger partial charge is 0.493 e. The van der Waals surface area contributed by atoms with Crippen LogP contribution in [-0.4, -0.2) is 36.5 Å². The molecule has 156 valence electrons. The second-order valence-corrected chi connectivity index (χ2v) is 9.94. The van der Waals surface area contributed by atoms with Crippen molar-refractivity contribution >= 4 is 9.84 Å². The molecule has 1 aliphatic heterocycles. The Bertz CT molecular complexity index is 1130. The van der Waals surface area contributed by atoms with Crippen molar-refractivity contribution in [2.75, 3.05) is 18.1 Å². The number of rotatable bonds is 5. The van der Waals surface area contributed by atoms with Gasteiger partial charge in [-0.1, -0.05) is 24.3 Å². The fourth-order valence-corrected chi connectivity index (χ4v) is 5.16. The number of aryl methyl sites for hydroxylation is 1. The second kappa shape index (κ2) is 8.52. The summed E-state index contributed by atoms with van der Waals surface area (Å²) in [6.07, 6.45) is 4.41. The molecule has 0 amide bonds. The van der Waals surface area contributed by atoms with E-state index in [2.05, 4.69) is 9.97 Å². The van der Waals surface area contributed by atoms with Gasteiger partial charge in [-0.15, -0.1) is 0 Å². The number of ether oxygens (including phenoxy) is 1. The Hall–Kier alpha value is -2.80. The average molecular weight is 427 g/mol. The molecule has 0 N–H and O–H groups in total. The van der Waals surface area contributed by atoms with Crippen molar-refractivity contribution in [2.45, 2.75) is 19.8 Å². The molecule has 1 saturated heterocycles. The van der Waals surface area contributed by atoms with E-state index in [1.165, 1.54) is 6.07 Å². The molecular formula is C23H23FN2O3S. The first-order valence-corrected chi connectivity index (χ1v) is 11.7. The highest BCUT2D eigenvalue weighted by Crippen LogP contribution is 2.33. The lowest BCUT2D eigenvalue weighted by atomic mass is 10.0. The van der Waals surface area contributed by atoms with Gasteiger partial charge in [-0.25, -0.2) is 12.8 Å². The van der Waals surface area contributed by atoms with Gasteiger partial charge in [0, 0.05) is 17.3 Å². The molecule has 2 aromatic carbocycles. The summed E-state index contributed by atoms with van der Waals surface area (Å²) < 4.78 is 44.1. The van der Waals surface area contributed by atoms with Crippen LogP contribution < -0.4 is 4.74 Å². The van der Waals surface area contributed by atoms with E-state index in [-0.39, 0.29) is 23.2 Å². The number of nitrogens with zero attached hydrogens (tertiary/aromatic N) is 2. The van der Waals surface area contributed by atoms with Crippen LogP contribution in [0.5, 0.6) is 5.75 Å². The van der Waals surface area contributed by atoms with Crippen LogP contribution in [0.4, 0.5) is 4.39 Å². The van der Waals surface area contributed by atoms with Gasteiger partial charge in [-0.05, 0) is 49.4 Å². The van der Waals surface area contributed by atoms with Crippen LogP contribution in [0.2, 0.25) is 0 Å². The van der Waals surface area contributed by atoms with E-state index in [1.807, 2.05) is 37.3 Å². The maximum absolute atomic E-state index is 14.8. The number of hydrogen-bond acceptors (Lipinski definition) is 5. The van der Waals surface area contributed by atoms with Gasteiger partial charge < -0.3 is 4.74 Å². The van der Waals surface area contributed by atoms with Gasteiger partial charge in [-0.3, -0.25) is 9.97 Å². The first-order valence-electron chi connectivity index (χ1n) is 9.92. The van der Waals surface area contributed by atoms with Crippen molar-refractivity contribution in [1.82, 2.24) is 9.97 Å². The summed E-state index contributed by atoms with van der Waals surface area (Å²) in [5.41, 5.74) is 3.16. The minimum Gasteiger partial charge on any atom is -0.493 e. The Kier molecular flexibility index (Phi) is 5.81. The van der Waals surface area contributed by atoms with E-state index < -0.39 is 9.84 Å². The Morgan fingerprint density at radius 2 is 1.80 bits per heavy atom. The van der Waals surface area contributed by atoms with Gasteiger partial charge >= 0.3 is 0 Å². The average Bonchev–Trinajstić information content (AvgIpc) is 2.74. The summed E-state index contributed by atoms with van der Waals surface area (Å²) in [7, 11) is -2.89. The van der Waals surface area contributed by atoms with Crippen LogP contribution in [0.15, 0.2) is 54.9 Å².